The molecule has 0 aliphatic carbocycles. The molecular weight excluding hydrogens is 328 g/mol. The average Bonchev–Trinajstić information content (AvgIpc) is 3.06. The zero-order valence-electron chi connectivity index (χ0n) is 14.6. The number of halogens is 1. The highest BCUT2D eigenvalue weighted by atomic mass is 35.5. The number of nitrogens with zero attached hydrogens (tertiary/aromatic N) is 1. The predicted octanol–water partition coefficient (Wildman–Crippen LogP) is 2.54. The number of carbonyl (C=O) groups excluding carboxylic acids is 1. The second kappa shape index (κ2) is 7.70. The fourth-order valence-corrected chi connectivity index (χ4v) is 3.75. The SMILES string of the molecule is Cc1cc(CCC(C)C)oc(=O)c1C(=O)N1CC[C@@H]2NCC[C@@H]21.Cl. The van der Waals surface area contributed by atoms with E-state index in [4.69, 9.17) is 4.42 Å². The molecule has 0 radical (unpaired) electrons. The van der Waals surface area contributed by atoms with Gasteiger partial charge in [-0.05, 0) is 50.3 Å². The van der Waals surface area contributed by atoms with Gasteiger partial charge in [0, 0.05) is 25.0 Å². The maximum atomic E-state index is 12.8. The summed E-state index contributed by atoms with van der Waals surface area (Å²) >= 11 is 0. The largest absolute Gasteiger partial charge is 0.427 e. The Hall–Kier alpha value is -1.33. The van der Waals surface area contributed by atoms with Gasteiger partial charge in [0.1, 0.15) is 11.3 Å². The van der Waals surface area contributed by atoms with E-state index in [0.717, 1.165) is 44.3 Å². The molecule has 1 N–H and O–H groups in total. The summed E-state index contributed by atoms with van der Waals surface area (Å²) in [5, 5.41) is 3.43. The van der Waals surface area contributed by atoms with Gasteiger partial charge >= 0.3 is 5.63 Å². The molecule has 1 aromatic heterocycles. The molecule has 134 valence electrons. The molecule has 2 aliphatic heterocycles. The van der Waals surface area contributed by atoms with E-state index < -0.39 is 5.63 Å². The number of rotatable bonds is 4. The van der Waals surface area contributed by atoms with E-state index >= 15 is 0 Å². The van der Waals surface area contributed by atoms with Crippen molar-refractivity contribution in [3.8, 4) is 0 Å². The van der Waals surface area contributed by atoms with Crippen LogP contribution in [0.25, 0.3) is 0 Å². The Bertz CT molecular complexity index is 656. The summed E-state index contributed by atoms with van der Waals surface area (Å²) in [4.78, 5) is 27.1. The number of hydrogen-bond acceptors (Lipinski definition) is 4. The molecule has 6 heteroatoms. The summed E-state index contributed by atoms with van der Waals surface area (Å²) in [6.45, 7) is 7.78. The van der Waals surface area contributed by atoms with Crippen LogP contribution in [0, 0.1) is 12.8 Å². The molecule has 2 fully saturated rings. The fourth-order valence-electron chi connectivity index (χ4n) is 3.75. The Labute approximate surface area is 149 Å². The maximum Gasteiger partial charge on any atom is 0.349 e. The van der Waals surface area contributed by atoms with Gasteiger partial charge in [-0.2, -0.15) is 0 Å². The van der Waals surface area contributed by atoms with Crippen molar-refractivity contribution in [1.29, 1.82) is 0 Å². The summed E-state index contributed by atoms with van der Waals surface area (Å²) in [5.74, 6) is 1.07. The lowest BCUT2D eigenvalue weighted by molar-refractivity contribution is 0.0731. The molecule has 0 unspecified atom stereocenters. The molecular formula is C18H27ClN2O3. The average molecular weight is 355 g/mol. The summed E-state index contributed by atoms with van der Waals surface area (Å²) in [7, 11) is 0. The Balaban J connectivity index is 0.00000208. The van der Waals surface area contributed by atoms with E-state index in [9.17, 15) is 9.59 Å². The molecule has 5 nitrogen and oxygen atoms in total. The van der Waals surface area contributed by atoms with Gasteiger partial charge in [-0.25, -0.2) is 4.79 Å². The number of amides is 1. The molecule has 1 amide bonds. The number of carbonyl (C=O) groups is 1. The topological polar surface area (TPSA) is 62.6 Å². The van der Waals surface area contributed by atoms with E-state index in [1.807, 2.05) is 17.9 Å². The molecule has 0 aromatic carbocycles. The van der Waals surface area contributed by atoms with Crippen LogP contribution in [0.1, 0.15) is 54.8 Å². The lowest BCUT2D eigenvalue weighted by atomic mass is 10.0. The minimum Gasteiger partial charge on any atom is -0.427 e. The molecule has 24 heavy (non-hydrogen) atoms. The number of nitrogens with one attached hydrogen (secondary N) is 1. The summed E-state index contributed by atoms with van der Waals surface area (Å²) in [5.41, 5.74) is 0.466. The summed E-state index contributed by atoms with van der Waals surface area (Å²) in [6, 6.07) is 2.47. The Morgan fingerprint density at radius 2 is 2.17 bits per heavy atom. The quantitative estimate of drug-likeness (QED) is 0.902. The van der Waals surface area contributed by atoms with Crippen molar-refractivity contribution in [3.05, 3.63) is 33.4 Å². The molecule has 0 spiro atoms. The van der Waals surface area contributed by atoms with Crippen LogP contribution in [-0.2, 0) is 6.42 Å². The highest BCUT2D eigenvalue weighted by Gasteiger charge is 2.41. The maximum absolute atomic E-state index is 12.8. The van der Waals surface area contributed by atoms with E-state index in [1.54, 1.807) is 0 Å². The van der Waals surface area contributed by atoms with Gasteiger partial charge < -0.3 is 14.6 Å². The molecule has 1 aromatic rings. The van der Waals surface area contributed by atoms with Crippen molar-refractivity contribution in [2.75, 3.05) is 13.1 Å². The minimum atomic E-state index is -0.483. The lowest BCUT2D eigenvalue weighted by Gasteiger charge is -2.23. The van der Waals surface area contributed by atoms with E-state index in [-0.39, 0.29) is 29.9 Å². The van der Waals surface area contributed by atoms with Crippen molar-refractivity contribution < 1.29 is 9.21 Å². The van der Waals surface area contributed by atoms with Gasteiger partial charge in [-0.15, -0.1) is 12.4 Å². The van der Waals surface area contributed by atoms with Crippen LogP contribution in [0.5, 0.6) is 0 Å². The third-order valence-corrected chi connectivity index (χ3v) is 5.03. The Morgan fingerprint density at radius 3 is 2.83 bits per heavy atom. The van der Waals surface area contributed by atoms with Crippen LogP contribution in [0.3, 0.4) is 0 Å². The zero-order valence-corrected chi connectivity index (χ0v) is 15.4. The number of likely N-dealkylation sites (tertiary alicyclic amines) is 1. The second-order valence-electron chi connectivity index (χ2n) is 7.19. The summed E-state index contributed by atoms with van der Waals surface area (Å²) in [6.07, 6.45) is 3.64. The van der Waals surface area contributed by atoms with Gasteiger partial charge in [0.15, 0.2) is 0 Å². The highest BCUT2D eigenvalue weighted by molar-refractivity contribution is 5.95. The second-order valence-corrected chi connectivity index (χ2v) is 7.19. The molecule has 2 saturated heterocycles. The first-order valence-corrected chi connectivity index (χ1v) is 8.65. The molecule has 0 bridgehead atoms. The molecule has 3 rings (SSSR count). The minimum absolute atomic E-state index is 0. The van der Waals surface area contributed by atoms with Crippen molar-refractivity contribution in [2.24, 2.45) is 5.92 Å². The van der Waals surface area contributed by atoms with E-state index in [1.165, 1.54) is 0 Å². The van der Waals surface area contributed by atoms with Gasteiger partial charge in [-0.1, -0.05) is 13.8 Å². The van der Waals surface area contributed by atoms with Crippen LogP contribution in [-0.4, -0.2) is 36.0 Å². The predicted molar refractivity (Wildman–Crippen MR) is 96.0 cm³/mol. The number of fused-ring (bicyclic) bond motifs is 1. The Morgan fingerprint density at radius 1 is 1.42 bits per heavy atom. The lowest BCUT2D eigenvalue weighted by Crippen LogP contribution is -2.40. The van der Waals surface area contributed by atoms with Gasteiger partial charge in [-0.3, -0.25) is 4.79 Å². The number of aryl methyl sites for hydroxylation is 2. The van der Waals surface area contributed by atoms with Crippen LogP contribution >= 0.6 is 12.4 Å². The van der Waals surface area contributed by atoms with Gasteiger partial charge in [0.2, 0.25) is 0 Å². The highest BCUT2D eigenvalue weighted by Crippen LogP contribution is 2.26. The van der Waals surface area contributed by atoms with Crippen molar-refractivity contribution in [3.63, 3.8) is 0 Å². The molecule has 3 heterocycles. The third kappa shape index (κ3) is 3.67. The first-order valence-electron chi connectivity index (χ1n) is 8.65. The van der Waals surface area contributed by atoms with Crippen LogP contribution in [0.2, 0.25) is 0 Å². The number of hydrogen-bond donors (Lipinski definition) is 1. The van der Waals surface area contributed by atoms with E-state index in [2.05, 4.69) is 19.2 Å². The van der Waals surface area contributed by atoms with Crippen molar-refractivity contribution in [2.45, 2.75) is 58.5 Å². The monoisotopic (exact) mass is 354 g/mol. The standard InChI is InChI=1S/C18H26N2O3.ClH/c1-11(2)4-5-13-10-12(3)16(18(22)23-13)17(21)20-9-7-14-15(20)6-8-19-14;/h10-11,14-15,19H,4-9H2,1-3H3;1H/t14-,15-;/m0./s1. The van der Waals surface area contributed by atoms with Crippen LogP contribution < -0.4 is 10.9 Å². The Kier molecular flexibility index (Phi) is 6.10. The smallest absolute Gasteiger partial charge is 0.349 e. The first kappa shape index (κ1) is 19.0. The van der Waals surface area contributed by atoms with E-state index in [0.29, 0.717) is 17.7 Å². The zero-order chi connectivity index (χ0) is 16.6. The molecule has 0 saturated carbocycles. The summed E-state index contributed by atoms with van der Waals surface area (Å²) < 4.78 is 5.41. The normalized spacial score (nSPS) is 22.6. The third-order valence-electron chi connectivity index (χ3n) is 5.03. The van der Waals surface area contributed by atoms with Crippen LogP contribution in [0.4, 0.5) is 0 Å². The first-order chi connectivity index (χ1) is 11.0. The molecule has 2 aliphatic rings. The van der Waals surface area contributed by atoms with Gasteiger partial charge in [0.05, 0.1) is 0 Å². The van der Waals surface area contributed by atoms with Crippen molar-refractivity contribution in [1.82, 2.24) is 10.2 Å². The van der Waals surface area contributed by atoms with Crippen LogP contribution in [0.15, 0.2) is 15.3 Å². The van der Waals surface area contributed by atoms with Crippen molar-refractivity contribution >= 4 is 18.3 Å². The van der Waals surface area contributed by atoms with Gasteiger partial charge in [0.25, 0.3) is 5.91 Å². The molecule has 2 atom stereocenters. The fraction of sp³-hybridized carbons (Fsp3) is 0.667.